The van der Waals surface area contributed by atoms with Crippen molar-refractivity contribution in [2.45, 2.75) is 33.4 Å². The molecule has 0 fully saturated rings. The smallest absolute Gasteiger partial charge is 0.336 e. The Balaban J connectivity index is 1.40. The lowest BCUT2D eigenvalue weighted by atomic mass is 9.99. The first-order valence-corrected chi connectivity index (χ1v) is 13.0. The maximum absolute atomic E-state index is 14.2. The molecule has 0 aliphatic rings. The van der Waals surface area contributed by atoms with Gasteiger partial charge < -0.3 is 15.0 Å². The molecule has 1 heterocycles. The quantitative estimate of drug-likeness (QED) is 0.203. The van der Waals surface area contributed by atoms with E-state index in [0.717, 1.165) is 39.4 Å². The summed E-state index contributed by atoms with van der Waals surface area (Å²) in [4.78, 5) is 24.6. The fraction of sp³-hybridized carbons (Fsp3) is 0.152. The zero-order valence-electron chi connectivity index (χ0n) is 22.6. The third kappa shape index (κ3) is 5.20. The first-order chi connectivity index (χ1) is 19.6. The van der Waals surface area contributed by atoms with Crippen LogP contribution in [0, 0.1) is 31.3 Å². The molecule has 8 heteroatoms. The Kier molecular flexibility index (Phi) is 7.41. The predicted octanol–water partition coefficient (Wildman–Crippen LogP) is 7.58. The fourth-order valence-corrected chi connectivity index (χ4v) is 5.18. The average Bonchev–Trinajstić information content (AvgIpc) is 3.19. The van der Waals surface area contributed by atoms with Crippen LogP contribution in [0.15, 0.2) is 78.9 Å². The number of aromatic nitrogens is 1. The Bertz CT molecular complexity index is 1810. The van der Waals surface area contributed by atoms with Gasteiger partial charge in [0.25, 0.3) is 5.91 Å². The van der Waals surface area contributed by atoms with Crippen molar-refractivity contribution < 1.29 is 27.9 Å². The summed E-state index contributed by atoms with van der Waals surface area (Å²) in [5, 5.41) is 12.9. The van der Waals surface area contributed by atoms with Gasteiger partial charge in [-0.05, 0) is 79.4 Å². The molecule has 0 radical (unpaired) electrons. The van der Waals surface area contributed by atoms with Crippen LogP contribution in [0.1, 0.15) is 56.1 Å². The first kappa shape index (κ1) is 27.7. The van der Waals surface area contributed by atoms with Crippen molar-refractivity contribution >= 4 is 22.8 Å². The number of carbonyl (C=O) groups excluding carboxylic acids is 1. The van der Waals surface area contributed by atoms with Crippen molar-refractivity contribution in [2.24, 2.45) is 0 Å². The number of rotatable bonds is 7. The van der Waals surface area contributed by atoms with Crippen LogP contribution in [-0.4, -0.2) is 21.6 Å². The van der Waals surface area contributed by atoms with E-state index < -0.39 is 40.9 Å². The third-order valence-corrected chi connectivity index (χ3v) is 7.52. The van der Waals surface area contributed by atoms with Crippen LogP contribution in [0.2, 0.25) is 0 Å². The number of hydrogen-bond donors (Lipinski definition) is 2. The Labute approximate surface area is 234 Å². The Morgan fingerprint density at radius 2 is 1.59 bits per heavy atom. The topological polar surface area (TPSA) is 71.3 Å². The summed E-state index contributed by atoms with van der Waals surface area (Å²) >= 11 is 0. The summed E-state index contributed by atoms with van der Waals surface area (Å²) in [6, 6.07) is 20.3. The number of carbonyl (C=O) groups is 2. The van der Waals surface area contributed by atoms with E-state index >= 15 is 0 Å². The minimum atomic E-state index is -1.32. The molecule has 0 aliphatic carbocycles. The molecule has 1 aromatic heterocycles. The third-order valence-electron chi connectivity index (χ3n) is 7.52. The zero-order chi connectivity index (χ0) is 29.4. The maximum atomic E-state index is 14.2. The van der Waals surface area contributed by atoms with Crippen LogP contribution in [0.4, 0.5) is 13.2 Å². The van der Waals surface area contributed by atoms with E-state index in [1.165, 1.54) is 6.92 Å². The van der Waals surface area contributed by atoms with Gasteiger partial charge >= 0.3 is 5.97 Å². The number of carboxylic acids is 1. The molecule has 5 aromatic rings. The highest BCUT2D eigenvalue weighted by molar-refractivity contribution is 5.99. The van der Waals surface area contributed by atoms with Gasteiger partial charge in [-0.15, -0.1) is 0 Å². The minimum Gasteiger partial charge on any atom is -0.478 e. The summed E-state index contributed by atoms with van der Waals surface area (Å²) in [7, 11) is 0. The zero-order valence-corrected chi connectivity index (χ0v) is 22.6. The standard InChI is InChI=1S/C33H27F3N2O3/c1-18-20(3)38(17-21-8-10-22(11-9-21)24-6-4-5-7-25(24)33(40)41)29-15-12-23(16-26(18)29)32(39)37-19(2)30-27(34)13-14-28(35)31(30)36/h4-16,19H,17H2,1-3H3,(H,37,39)(H,40,41). The molecule has 2 N–H and O–H groups in total. The number of nitrogens with one attached hydrogen (secondary N) is 1. The number of aryl methyl sites for hydroxylation is 1. The van der Waals surface area contributed by atoms with E-state index in [0.29, 0.717) is 23.7 Å². The number of halogens is 3. The molecule has 1 unspecified atom stereocenters. The lowest BCUT2D eigenvalue weighted by molar-refractivity contribution is 0.0697. The van der Waals surface area contributed by atoms with E-state index in [1.54, 1.807) is 36.4 Å². The lowest BCUT2D eigenvalue weighted by Crippen LogP contribution is -2.28. The fourth-order valence-electron chi connectivity index (χ4n) is 5.18. The van der Waals surface area contributed by atoms with E-state index in [9.17, 15) is 27.9 Å². The van der Waals surface area contributed by atoms with Gasteiger partial charge in [0.05, 0.1) is 11.6 Å². The number of aromatic carboxylic acids is 1. The van der Waals surface area contributed by atoms with Gasteiger partial charge in [-0.2, -0.15) is 0 Å². The van der Waals surface area contributed by atoms with Gasteiger partial charge in [0.2, 0.25) is 0 Å². The molecule has 0 spiro atoms. The Morgan fingerprint density at radius 3 is 2.29 bits per heavy atom. The molecule has 5 rings (SSSR count). The van der Waals surface area contributed by atoms with Crippen molar-refractivity contribution in [1.29, 1.82) is 0 Å². The van der Waals surface area contributed by atoms with Gasteiger partial charge in [-0.3, -0.25) is 4.79 Å². The lowest BCUT2D eigenvalue weighted by Gasteiger charge is -2.16. The number of fused-ring (bicyclic) bond motifs is 1. The predicted molar refractivity (Wildman–Crippen MR) is 152 cm³/mol. The summed E-state index contributed by atoms with van der Waals surface area (Å²) in [5.41, 5.74) is 5.38. The SMILES string of the molecule is Cc1c(C)n(Cc2ccc(-c3ccccc3C(=O)O)cc2)c2ccc(C(=O)NC(C)c3c(F)ccc(F)c3F)cc12. The van der Waals surface area contributed by atoms with Crippen LogP contribution < -0.4 is 5.32 Å². The summed E-state index contributed by atoms with van der Waals surface area (Å²) in [6.45, 7) is 5.90. The molecule has 208 valence electrons. The van der Waals surface area contributed by atoms with Crippen molar-refractivity contribution in [2.75, 3.05) is 0 Å². The maximum Gasteiger partial charge on any atom is 0.336 e. The highest BCUT2D eigenvalue weighted by atomic mass is 19.2. The van der Waals surface area contributed by atoms with Crippen molar-refractivity contribution in [1.82, 2.24) is 9.88 Å². The number of carboxylic acid groups (broad SMARTS) is 1. The van der Waals surface area contributed by atoms with Crippen molar-refractivity contribution in [3.05, 3.63) is 130 Å². The molecule has 0 bridgehead atoms. The summed E-state index contributed by atoms with van der Waals surface area (Å²) < 4.78 is 44.2. The number of amides is 1. The number of hydrogen-bond acceptors (Lipinski definition) is 2. The molecule has 5 nitrogen and oxygen atoms in total. The second-order valence-electron chi connectivity index (χ2n) is 10.0. The van der Waals surface area contributed by atoms with Gasteiger partial charge in [-0.25, -0.2) is 18.0 Å². The average molecular weight is 557 g/mol. The highest BCUT2D eigenvalue weighted by Crippen LogP contribution is 2.29. The van der Waals surface area contributed by atoms with E-state index in [-0.39, 0.29) is 5.56 Å². The molecule has 0 saturated heterocycles. The minimum absolute atomic E-state index is 0.239. The van der Waals surface area contributed by atoms with Crippen LogP contribution in [0.25, 0.3) is 22.0 Å². The van der Waals surface area contributed by atoms with E-state index in [4.69, 9.17) is 0 Å². The summed E-state index contributed by atoms with van der Waals surface area (Å²) in [6.07, 6.45) is 0. The van der Waals surface area contributed by atoms with Crippen LogP contribution in [0.5, 0.6) is 0 Å². The van der Waals surface area contributed by atoms with Gasteiger partial charge in [-0.1, -0.05) is 42.5 Å². The molecular formula is C33H27F3N2O3. The van der Waals surface area contributed by atoms with Gasteiger partial charge in [0.15, 0.2) is 11.6 Å². The van der Waals surface area contributed by atoms with Crippen LogP contribution >= 0.6 is 0 Å². The molecule has 0 aliphatic heterocycles. The Hall–Kier alpha value is -4.85. The van der Waals surface area contributed by atoms with Crippen molar-refractivity contribution in [3.63, 3.8) is 0 Å². The van der Waals surface area contributed by atoms with Crippen LogP contribution in [-0.2, 0) is 6.54 Å². The van der Waals surface area contributed by atoms with Gasteiger partial charge in [0, 0.05) is 34.3 Å². The second kappa shape index (κ2) is 11.0. The highest BCUT2D eigenvalue weighted by Gasteiger charge is 2.22. The Morgan fingerprint density at radius 1 is 0.902 bits per heavy atom. The molecule has 41 heavy (non-hydrogen) atoms. The molecule has 4 aromatic carbocycles. The number of benzene rings is 4. The van der Waals surface area contributed by atoms with Crippen LogP contribution in [0.3, 0.4) is 0 Å². The first-order valence-electron chi connectivity index (χ1n) is 13.0. The van der Waals surface area contributed by atoms with Gasteiger partial charge in [0.1, 0.15) is 5.82 Å². The molecular weight excluding hydrogens is 529 g/mol. The largest absolute Gasteiger partial charge is 0.478 e. The summed E-state index contributed by atoms with van der Waals surface area (Å²) in [5.74, 6) is -4.96. The molecule has 0 saturated carbocycles. The second-order valence-corrected chi connectivity index (χ2v) is 10.0. The van der Waals surface area contributed by atoms with E-state index in [1.807, 2.05) is 44.2 Å². The monoisotopic (exact) mass is 556 g/mol. The molecule has 1 atom stereocenters. The molecule has 1 amide bonds. The van der Waals surface area contributed by atoms with Crippen molar-refractivity contribution in [3.8, 4) is 11.1 Å². The normalized spacial score (nSPS) is 12.0. The number of nitrogens with zero attached hydrogens (tertiary/aromatic N) is 1. The van der Waals surface area contributed by atoms with E-state index in [2.05, 4.69) is 9.88 Å².